The largest absolute Gasteiger partial charge is 0.348 e. The van der Waals surface area contributed by atoms with Crippen molar-refractivity contribution in [3.05, 3.63) is 76.9 Å². The van der Waals surface area contributed by atoms with E-state index >= 15 is 0 Å². The van der Waals surface area contributed by atoms with Crippen LogP contribution in [0.2, 0.25) is 0 Å². The first-order chi connectivity index (χ1) is 11.5. The molecule has 0 aliphatic rings. The summed E-state index contributed by atoms with van der Waals surface area (Å²) in [5.74, 6) is 1.01. The molecule has 0 fully saturated rings. The Hall–Kier alpha value is -2.35. The topological polar surface area (TPSA) is 29.1 Å². The van der Waals surface area contributed by atoms with Gasteiger partial charge < -0.3 is 5.32 Å². The van der Waals surface area contributed by atoms with E-state index in [-0.39, 0.29) is 5.91 Å². The molecule has 0 heterocycles. The van der Waals surface area contributed by atoms with E-state index in [4.69, 9.17) is 0 Å². The summed E-state index contributed by atoms with van der Waals surface area (Å²) < 4.78 is 0. The maximum absolute atomic E-state index is 12.2. The highest BCUT2D eigenvalue weighted by atomic mass is 16.1. The molecule has 2 rings (SSSR count). The van der Waals surface area contributed by atoms with Crippen LogP contribution in [0.15, 0.2) is 54.6 Å². The molecule has 0 saturated heterocycles. The average Bonchev–Trinajstić information content (AvgIpc) is 2.58. The average molecular weight is 321 g/mol. The van der Waals surface area contributed by atoms with E-state index in [0.717, 1.165) is 11.1 Å². The van der Waals surface area contributed by atoms with E-state index in [1.807, 2.05) is 24.3 Å². The van der Waals surface area contributed by atoms with E-state index in [1.54, 1.807) is 0 Å². The Morgan fingerprint density at radius 1 is 0.958 bits per heavy atom. The molecule has 0 bridgehead atoms. The zero-order valence-electron chi connectivity index (χ0n) is 15.0. The molecule has 126 valence electrons. The molecule has 2 aromatic rings. The van der Waals surface area contributed by atoms with Crippen LogP contribution in [0.5, 0.6) is 0 Å². The van der Waals surface area contributed by atoms with E-state index < -0.39 is 0 Å². The van der Waals surface area contributed by atoms with Crippen LogP contribution in [-0.2, 0) is 6.54 Å². The first-order valence-electron chi connectivity index (χ1n) is 8.61. The van der Waals surface area contributed by atoms with Crippen molar-refractivity contribution in [2.24, 2.45) is 5.92 Å². The van der Waals surface area contributed by atoms with Gasteiger partial charge in [0.1, 0.15) is 0 Å². The van der Waals surface area contributed by atoms with E-state index in [9.17, 15) is 4.79 Å². The highest BCUT2D eigenvalue weighted by Gasteiger charge is 2.05. The van der Waals surface area contributed by atoms with Gasteiger partial charge in [0.2, 0.25) is 0 Å². The molecular weight excluding hydrogens is 294 g/mol. The van der Waals surface area contributed by atoms with Crippen molar-refractivity contribution < 1.29 is 4.79 Å². The summed E-state index contributed by atoms with van der Waals surface area (Å²) >= 11 is 0. The second kappa shape index (κ2) is 8.49. The van der Waals surface area contributed by atoms with Crippen molar-refractivity contribution in [1.29, 1.82) is 0 Å². The smallest absolute Gasteiger partial charge is 0.251 e. The second-order valence-electron chi connectivity index (χ2n) is 6.80. The van der Waals surface area contributed by atoms with E-state index in [2.05, 4.69) is 69.4 Å². The lowest BCUT2D eigenvalue weighted by atomic mass is 10.0. The fourth-order valence-electron chi connectivity index (χ4n) is 2.35. The summed E-state index contributed by atoms with van der Waals surface area (Å²) in [6.07, 6.45) is 4.23. The molecule has 0 saturated carbocycles. The molecule has 0 radical (unpaired) electrons. The van der Waals surface area contributed by atoms with Crippen LogP contribution in [0.1, 0.15) is 60.7 Å². The molecule has 0 aliphatic carbocycles. The minimum atomic E-state index is -0.0395. The Labute approximate surface area is 145 Å². The van der Waals surface area contributed by atoms with Gasteiger partial charge in [0.25, 0.3) is 5.91 Å². The van der Waals surface area contributed by atoms with Gasteiger partial charge in [-0.05, 0) is 40.7 Å². The predicted octanol–water partition coefficient (Wildman–Crippen LogP) is 5.41. The Kier molecular flexibility index (Phi) is 6.36. The molecule has 0 unspecified atom stereocenters. The van der Waals surface area contributed by atoms with E-state index in [0.29, 0.717) is 23.9 Å². The minimum Gasteiger partial charge on any atom is -0.348 e. The Morgan fingerprint density at radius 2 is 1.58 bits per heavy atom. The highest BCUT2D eigenvalue weighted by molar-refractivity contribution is 5.94. The maximum Gasteiger partial charge on any atom is 0.251 e. The van der Waals surface area contributed by atoms with Gasteiger partial charge in [-0.2, -0.15) is 0 Å². The number of allylic oxidation sites excluding steroid dienone is 1. The molecule has 1 N–H and O–H groups in total. The van der Waals surface area contributed by atoms with Gasteiger partial charge in [-0.15, -0.1) is 0 Å². The van der Waals surface area contributed by atoms with Gasteiger partial charge in [-0.3, -0.25) is 4.79 Å². The van der Waals surface area contributed by atoms with Gasteiger partial charge in [0.05, 0.1) is 0 Å². The van der Waals surface area contributed by atoms with Crippen LogP contribution >= 0.6 is 0 Å². The summed E-state index contributed by atoms with van der Waals surface area (Å²) in [7, 11) is 0. The molecule has 0 spiro atoms. The predicted molar refractivity (Wildman–Crippen MR) is 102 cm³/mol. The molecule has 0 aromatic heterocycles. The van der Waals surface area contributed by atoms with Crippen LogP contribution in [0, 0.1) is 5.92 Å². The molecule has 1 amide bonds. The third kappa shape index (κ3) is 5.38. The monoisotopic (exact) mass is 321 g/mol. The van der Waals surface area contributed by atoms with Crippen molar-refractivity contribution >= 4 is 12.0 Å². The molecule has 2 aromatic carbocycles. The molecule has 0 atom stereocenters. The number of hydrogen-bond donors (Lipinski definition) is 1. The van der Waals surface area contributed by atoms with Gasteiger partial charge >= 0.3 is 0 Å². The number of carbonyl (C=O) groups is 1. The van der Waals surface area contributed by atoms with Crippen molar-refractivity contribution in [2.45, 2.75) is 40.2 Å². The van der Waals surface area contributed by atoms with Crippen LogP contribution in [0.4, 0.5) is 0 Å². The molecule has 2 heteroatoms. The SMILES string of the molecule is CC(C)C=Cc1ccc(C(=O)NCc2ccc(C(C)C)cc2)cc1. The van der Waals surface area contributed by atoms with Crippen molar-refractivity contribution in [2.75, 3.05) is 0 Å². The maximum atomic E-state index is 12.2. The standard InChI is InChI=1S/C22H27NO/c1-16(2)5-6-18-7-13-21(14-8-18)22(24)23-15-19-9-11-20(12-10-19)17(3)4/h5-14,16-17H,15H2,1-4H3,(H,23,24). The van der Waals surface area contributed by atoms with Crippen LogP contribution < -0.4 is 5.32 Å². The zero-order chi connectivity index (χ0) is 17.5. The first kappa shape index (κ1) is 18.0. The second-order valence-corrected chi connectivity index (χ2v) is 6.80. The van der Waals surface area contributed by atoms with E-state index in [1.165, 1.54) is 5.56 Å². The van der Waals surface area contributed by atoms with Crippen molar-refractivity contribution in [1.82, 2.24) is 5.32 Å². The van der Waals surface area contributed by atoms with Gasteiger partial charge in [-0.1, -0.05) is 76.2 Å². The van der Waals surface area contributed by atoms with Gasteiger partial charge in [-0.25, -0.2) is 0 Å². The molecule has 2 nitrogen and oxygen atoms in total. The number of carbonyl (C=O) groups excluding carboxylic acids is 1. The summed E-state index contributed by atoms with van der Waals surface area (Å²) in [4.78, 5) is 12.2. The number of rotatable bonds is 6. The van der Waals surface area contributed by atoms with Gasteiger partial charge in [0, 0.05) is 12.1 Å². The highest BCUT2D eigenvalue weighted by Crippen LogP contribution is 2.15. The fourth-order valence-corrected chi connectivity index (χ4v) is 2.35. The zero-order valence-corrected chi connectivity index (χ0v) is 15.0. The fraction of sp³-hybridized carbons (Fsp3) is 0.318. The summed E-state index contributed by atoms with van der Waals surface area (Å²) in [5.41, 5.74) is 4.24. The van der Waals surface area contributed by atoms with Crippen LogP contribution in [-0.4, -0.2) is 5.91 Å². The molecule has 24 heavy (non-hydrogen) atoms. The van der Waals surface area contributed by atoms with Crippen LogP contribution in [0.25, 0.3) is 6.08 Å². The first-order valence-corrected chi connectivity index (χ1v) is 8.61. The van der Waals surface area contributed by atoms with Crippen molar-refractivity contribution in [3.8, 4) is 0 Å². The number of hydrogen-bond acceptors (Lipinski definition) is 1. The van der Waals surface area contributed by atoms with Crippen molar-refractivity contribution in [3.63, 3.8) is 0 Å². The Balaban J connectivity index is 1.92. The number of benzene rings is 2. The molecular formula is C22H27NO. The lowest BCUT2D eigenvalue weighted by molar-refractivity contribution is 0.0951. The Bertz CT molecular complexity index is 679. The summed E-state index contributed by atoms with van der Waals surface area (Å²) in [6.45, 7) is 9.19. The number of amides is 1. The third-order valence-electron chi connectivity index (χ3n) is 3.95. The summed E-state index contributed by atoms with van der Waals surface area (Å²) in [5, 5.41) is 2.98. The normalized spacial score (nSPS) is 11.4. The lowest BCUT2D eigenvalue weighted by Gasteiger charge is -2.08. The summed E-state index contributed by atoms with van der Waals surface area (Å²) in [6, 6.07) is 16.1. The lowest BCUT2D eigenvalue weighted by Crippen LogP contribution is -2.22. The van der Waals surface area contributed by atoms with Gasteiger partial charge in [0.15, 0.2) is 0 Å². The van der Waals surface area contributed by atoms with Crippen LogP contribution in [0.3, 0.4) is 0 Å². The quantitative estimate of drug-likeness (QED) is 0.757. The minimum absolute atomic E-state index is 0.0395. The Morgan fingerprint density at radius 3 is 2.12 bits per heavy atom. The molecule has 0 aliphatic heterocycles. The third-order valence-corrected chi connectivity index (χ3v) is 3.95. The number of nitrogens with one attached hydrogen (secondary N) is 1.